The van der Waals surface area contributed by atoms with Gasteiger partial charge in [-0.2, -0.15) is 0 Å². The molecule has 112 heavy (non-hydrogen) atoms. The maximum Gasteiger partial charge on any atom is 0.217 e. The number of carbonyl (C=O) groups is 4. The molecule has 9 saturated heterocycles. The third-order valence-corrected chi connectivity index (χ3v) is 20.6. The highest BCUT2D eigenvalue weighted by Crippen LogP contribution is 2.40. The van der Waals surface area contributed by atoms with E-state index in [4.69, 9.17) is 80.5 Å². The molecule has 49 heteroatoms. The fourth-order valence-corrected chi connectivity index (χ4v) is 14.7. The molecule has 9 fully saturated rings. The van der Waals surface area contributed by atoms with Crippen molar-refractivity contribution in [1.29, 1.82) is 0 Å². The molecular formula is C63H106N4O45. The van der Waals surface area contributed by atoms with Crippen LogP contribution in [0.15, 0.2) is 0 Å². The normalized spacial score (nSPS) is 48.9. The van der Waals surface area contributed by atoms with Gasteiger partial charge in [-0.05, 0) is 6.92 Å². The molecule has 9 rings (SSSR count). The molecule has 45 atom stereocenters. The summed E-state index contributed by atoms with van der Waals surface area (Å²) in [5.41, 5.74) is 0. The molecule has 0 spiro atoms. The standard InChI is InChI=1S/C63H106N4O45/c1-15-29(64-16(2)76)38(85)49(24(10-72)97-15)106-56-30(65-17(3)77)39(86)52(27(13-75)102-56)109-61-48(95)53(110-63-55(45(92)36(83)23(9-71)101-63)112-58-32(67-19(5)79)41(88)51(26(12-74)104-58)108-60-47(94)43(90)34(81)21(7-69)99-60)37(84)28(105-61)14-96-62-54(44(91)35(82)22(8-70)100-62)111-57-31(66-18(4)78)40(87)50(25(11-73)103-57)107-59-46(93)42(89)33(80)20(6-68)98-59/h15,20-63,68-75,80-95H,6-14H2,1-5H3,(H,64,76)(H,65,77)(H,66,78)(H,67,79)/t15-,20?,21?,22?,23-,24?,25?,26?,27?,28?,29?,30?,31?,32?,33-,34-,35+,36+,37+,38+,39+,40+,41+,42-,43-,44-,45?,46?,47?,48?,49+,50+,51+,52+,53-,54?,55?,56-,57-,58-,59-,60-,61-,62-,63+/m0/s1. The first kappa shape index (κ1) is 92.1. The first-order valence-corrected chi connectivity index (χ1v) is 36.0. The zero-order chi connectivity index (χ0) is 82.5. The minimum Gasteiger partial charge on any atom is -0.394 e. The molecule has 0 aromatic heterocycles. The monoisotopic (exact) mass is 1640 g/mol. The van der Waals surface area contributed by atoms with Crippen LogP contribution in [0.25, 0.3) is 0 Å². The Morgan fingerprint density at radius 2 is 0.491 bits per heavy atom. The Labute approximate surface area is 635 Å². The highest BCUT2D eigenvalue weighted by atomic mass is 16.8. The SMILES string of the molecule is CC(=O)NC1[C@H](OC2C(O)[C@H](O)[C@H](CO)O[C@@H]2O[C@@H]2C(O)[C@H](O[C@@H]3C(CO)O[C@@H](O[C@@H]4C(CO)O[C@@H](C)C(NC(C)=O)[C@H]4O)C(NC(C)=O)[C@H]3O)OC(CO[C@H]3OC(CO)[C@@H](O)[C@H](O)C3O[C@@H]3OC(CO)[C@@H](O[C@@H]4OC(CO)[C@H](O)[C@H](O)C4O)[C@H](O)C3NC(C)=O)[C@H]2O)OC(CO)[C@@H](O[C@@H]2OC(CO)[C@H](O)[C@H](O)C2O)[C@@H]1O. The molecule has 0 aliphatic carbocycles. The van der Waals surface area contributed by atoms with Crippen molar-refractivity contribution < 1.29 is 222 Å². The van der Waals surface area contributed by atoms with E-state index < -0.39 is 359 Å². The molecule has 49 nitrogen and oxygen atoms in total. The lowest BCUT2D eigenvalue weighted by Crippen LogP contribution is -2.71. The van der Waals surface area contributed by atoms with Crippen molar-refractivity contribution in [3.8, 4) is 0 Å². The predicted octanol–water partition coefficient (Wildman–Crippen LogP) is -19.0. The van der Waals surface area contributed by atoms with E-state index in [1.54, 1.807) is 0 Å². The summed E-state index contributed by atoms with van der Waals surface area (Å²) in [4.78, 5) is 51.1. The van der Waals surface area contributed by atoms with Crippen LogP contribution >= 0.6 is 0 Å². The Balaban J connectivity index is 1.05. The van der Waals surface area contributed by atoms with Crippen LogP contribution in [-0.4, -0.2) is 482 Å². The molecule has 0 bridgehead atoms. The van der Waals surface area contributed by atoms with E-state index in [0.29, 0.717) is 0 Å². The van der Waals surface area contributed by atoms with Crippen molar-refractivity contribution in [2.75, 3.05) is 59.5 Å². The maximum absolute atomic E-state index is 13.0. The van der Waals surface area contributed by atoms with Gasteiger partial charge in [-0.1, -0.05) is 0 Å². The number of amides is 4. The topological polar surface area (TPSA) is 759 Å². The second-order valence-corrected chi connectivity index (χ2v) is 28.5. The second kappa shape index (κ2) is 40.3. The highest BCUT2D eigenvalue weighted by molar-refractivity contribution is 5.74. The molecule has 9 heterocycles. The third-order valence-electron chi connectivity index (χ3n) is 20.6. The van der Waals surface area contributed by atoms with Crippen LogP contribution in [0.2, 0.25) is 0 Å². The number of hydrogen-bond donors (Lipinski definition) is 28. The predicted molar refractivity (Wildman–Crippen MR) is 347 cm³/mol. The molecule has 0 aromatic carbocycles. The Kier molecular flexibility index (Phi) is 33.2. The van der Waals surface area contributed by atoms with Crippen LogP contribution in [0.1, 0.15) is 34.6 Å². The number of nitrogens with one attached hydrogen (secondary N) is 4. The van der Waals surface area contributed by atoms with Gasteiger partial charge in [0.25, 0.3) is 0 Å². The lowest BCUT2D eigenvalue weighted by molar-refractivity contribution is -0.398. The molecule has 18 unspecified atom stereocenters. The fourth-order valence-electron chi connectivity index (χ4n) is 14.7. The second-order valence-electron chi connectivity index (χ2n) is 28.5. The van der Waals surface area contributed by atoms with Gasteiger partial charge in [0.1, 0.15) is 213 Å². The van der Waals surface area contributed by atoms with Crippen LogP contribution in [-0.2, 0) is 99.7 Å². The van der Waals surface area contributed by atoms with E-state index in [1.165, 1.54) is 6.92 Å². The van der Waals surface area contributed by atoms with Crippen LogP contribution in [0.5, 0.6) is 0 Å². The average Bonchev–Trinajstić information content (AvgIpc) is 0.769. The number of aliphatic hydroxyl groups is 24. The molecule has 9 aliphatic rings. The van der Waals surface area contributed by atoms with Crippen molar-refractivity contribution in [1.82, 2.24) is 21.3 Å². The lowest BCUT2D eigenvalue weighted by atomic mass is 9.92. The molecule has 0 saturated carbocycles. The van der Waals surface area contributed by atoms with Gasteiger partial charge in [0.15, 0.2) is 50.3 Å². The average molecular weight is 1640 g/mol. The van der Waals surface area contributed by atoms with Gasteiger partial charge in [-0.3, -0.25) is 19.2 Å². The van der Waals surface area contributed by atoms with E-state index in [9.17, 15) is 142 Å². The zero-order valence-corrected chi connectivity index (χ0v) is 60.7. The minimum atomic E-state index is -2.55. The molecule has 648 valence electrons. The van der Waals surface area contributed by atoms with Crippen molar-refractivity contribution in [3.63, 3.8) is 0 Å². The Morgan fingerprint density at radius 3 is 0.839 bits per heavy atom. The van der Waals surface area contributed by atoms with E-state index in [0.717, 1.165) is 27.7 Å². The summed E-state index contributed by atoms with van der Waals surface area (Å²) in [5.74, 6) is -3.40. The van der Waals surface area contributed by atoms with E-state index in [1.807, 2.05) is 0 Å². The van der Waals surface area contributed by atoms with Crippen LogP contribution < -0.4 is 21.3 Å². The molecule has 28 N–H and O–H groups in total. The Morgan fingerprint density at radius 1 is 0.241 bits per heavy atom. The zero-order valence-electron chi connectivity index (χ0n) is 60.7. The quantitative estimate of drug-likeness (QED) is 0.0331. The molecule has 0 radical (unpaired) electrons. The van der Waals surface area contributed by atoms with Gasteiger partial charge in [0.05, 0.1) is 71.6 Å². The Hall–Kier alpha value is -3.76. The van der Waals surface area contributed by atoms with Crippen LogP contribution in [0.4, 0.5) is 0 Å². The number of ether oxygens (including phenoxy) is 17. The van der Waals surface area contributed by atoms with Crippen molar-refractivity contribution in [3.05, 3.63) is 0 Å². The lowest BCUT2D eigenvalue weighted by Gasteiger charge is -2.51. The molecule has 0 aromatic rings. The summed E-state index contributed by atoms with van der Waals surface area (Å²) in [6.07, 6.45) is -82.9. The van der Waals surface area contributed by atoms with Gasteiger partial charge in [-0.15, -0.1) is 0 Å². The third kappa shape index (κ3) is 20.2. The van der Waals surface area contributed by atoms with Crippen LogP contribution in [0.3, 0.4) is 0 Å². The number of carbonyl (C=O) groups excluding carboxylic acids is 4. The summed E-state index contributed by atoms with van der Waals surface area (Å²) in [6.45, 7) is -4.12. The number of rotatable bonds is 29. The Bertz CT molecular complexity index is 2970. The van der Waals surface area contributed by atoms with Crippen molar-refractivity contribution >= 4 is 23.6 Å². The largest absolute Gasteiger partial charge is 0.394 e. The first-order valence-electron chi connectivity index (χ1n) is 36.0. The molecule has 4 amide bonds. The van der Waals surface area contributed by atoms with Crippen molar-refractivity contribution in [2.45, 2.75) is 311 Å². The summed E-state index contributed by atoms with van der Waals surface area (Å²) >= 11 is 0. The van der Waals surface area contributed by atoms with Gasteiger partial charge in [-0.25, -0.2) is 0 Å². The first-order chi connectivity index (χ1) is 53.0. The molecule has 9 aliphatic heterocycles. The summed E-state index contributed by atoms with van der Waals surface area (Å²) in [7, 11) is 0. The van der Waals surface area contributed by atoms with Crippen LogP contribution in [0, 0.1) is 0 Å². The van der Waals surface area contributed by atoms with E-state index >= 15 is 0 Å². The van der Waals surface area contributed by atoms with Crippen molar-refractivity contribution in [2.24, 2.45) is 0 Å². The van der Waals surface area contributed by atoms with E-state index in [2.05, 4.69) is 21.3 Å². The smallest absolute Gasteiger partial charge is 0.217 e. The van der Waals surface area contributed by atoms with Gasteiger partial charge in [0, 0.05) is 27.7 Å². The van der Waals surface area contributed by atoms with Gasteiger partial charge in [0.2, 0.25) is 23.6 Å². The van der Waals surface area contributed by atoms with E-state index in [-0.39, 0.29) is 0 Å². The summed E-state index contributed by atoms with van der Waals surface area (Å²) in [5, 5.41) is 277. The maximum atomic E-state index is 13.0. The fraction of sp³-hybridized carbons (Fsp3) is 0.937. The minimum absolute atomic E-state index is 0.628. The van der Waals surface area contributed by atoms with Gasteiger partial charge < -0.3 is 224 Å². The molecular weight excluding hydrogens is 1530 g/mol. The number of aliphatic hydroxyl groups excluding tert-OH is 24. The summed E-state index contributed by atoms with van der Waals surface area (Å²) in [6, 6.07) is -6.90. The van der Waals surface area contributed by atoms with Gasteiger partial charge >= 0.3 is 0 Å². The highest BCUT2D eigenvalue weighted by Gasteiger charge is 2.61. The summed E-state index contributed by atoms with van der Waals surface area (Å²) < 4.78 is 101. The number of hydrogen-bond acceptors (Lipinski definition) is 45.